The van der Waals surface area contributed by atoms with Crippen LogP contribution in [0.25, 0.3) is 10.8 Å². The Hall–Kier alpha value is -4.46. The molecule has 236 valence electrons. The summed E-state index contributed by atoms with van der Waals surface area (Å²) in [5, 5.41) is 13.1. The van der Waals surface area contributed by atoms with Gasteiger partial charge in [-0.25, -0.2) is 9.80 Å². The van der Waals surface area contributed by atoms with E-state index in [2.05, 4.69) is 0 Å². The molecule has 8 rings (SSSR count). The number of nitrogens with zero attached hydrogens (tertiary/aromatic N) is 2. The fourth-order valence-electron chi connectivity index (χ4n) is 8.47. The van der Waals surface area contributed by atoms with E-state index in [-0.39, 0.29) is 35.8 Å². The van der Waals surface area contributed by atoms with Crippen LogP contribution in [-0.4, -0.2) is 28.7 Å². The largest absolute Gasteiger partial charge is 0.507 e. The van der Waals surface area contributed by atoms with Gasteiger partial charge in [0.25, 0.3) is 0 Å². The fraction of sp³-hybridized carbons (Fsp3) is 0.263. The molecule has 1 saturated carbocycles. The van der Waals surface area contributed by atoms with Crippen LogP contribution in [0.5, 0.6) is 5.75 Å². The van der Waals surface area contributed by atoms with E-state index in [1.165, 1.54) is 9.80 Å². The van der Waals surface area contributed by atoms with Crippen LogP contribution in [0.3, 0.4) is 0 Å². The highest BCUT2D eigenvalue weighted by atomic mass is 35.5. The molecule has 47 heavy (non-hydrogen) atoms. The minimum Gasteiger partial charge on any atom is -0.507 e. The summed E-state index contributed by atoms with van der Waals surface area (Å²) in [7, 11) is 0. The van der Waals surface area contributed by atoms with Gasteiger partial charge in [-0.1, -0.05) is 77.3 Å². The topological polar surface area (TPSA) is 95.0 Å². The van der Waals surface area contributed by atoms with E-state index >= 15 is 0 Å². The highest BCUT2D eigenvalue weighted by molar-refractivity contribution is 6.33. The predicted molar refractivity (Wildman–Crippen MR) is 180 cm³/mol. The van der Waals surface area contributed by atoms with Gasteiger partial charge >= 0.3 is 0 Å². The first kappa shape index (κ1) is 29.9. The number of hydrogen-bond donors (Lipinski definition) is 1. The average Bonchev–Trinajstić information content (AvgIpc) is 3.47. The molecule has 0 aromatic heterocycles. The summed E-state index contributed by atoms with van der Waals surface area (Å²) in [6, 6.07) is 21.2. The lowest BCUT2D eigenvalue weighted by Crippen LogP contribution is -2.43. The average molecular weight is 666 g/mol. The number of anilines is 2. The molecule has 3 fully saturated rings. The number of amides is 4. The van der Waals surface area contributed by atoms with Crippen molar-refractivity contribution < 1.29 is 24.3 Å². The van der Waals surface area contributed by atoms with E-state index in [0.29, 0.717) is 33.2 Å². The van der Waals surface area contributed by atoms with Crippen LogP contribution in [0.1, 0.15) is 35.4 Å². The quantitative estimate of drug-likeness (QED) is 0.181. The van der Waals surface area contributed by atoms with Gasteiger partial charge in [0, 0.05) is 21.3 Å². The number of carbonyl (C=O) groups is 4. The molecule has 6 atom stereocenters. The van der Waals surface area contributed by atoms with Crippen molar-refractivity contribution in [1.29, 1.82) is 0 Å². The van der Waals surface area contributed by atoms with Crippen molar-refractivity contribution >= 4 is 69.0 Å². The van der Waals surface area contributed by atoms with Crippen LogP contribution in [0.4, 0.5) is 11.4 Å². The second-order valence-electron chi connectivity index (χ2n) is 13.1. The Morgan fingerprint density at radius 3 is 1.85 bits per heavy atom. The van der Waals surface area contributed by atoms with Gasteiger partial charge in [-0.05, 0) is 85.0 Å². The number of allylic oxidation sites excluding steroid dienone is 2. The van der Waals surface area contributed by atoms with Gasteiger partial charge in [-0.15, -0.1) is 0 Å². The molecule has 2 aliphatic carbocycles. The van der Waals surface area contributed by atoms with Crippen molar-refractivity contribution in [1.82, 2.24) is 0 Å². The van der Waals surface area contributed by atoms with Crippen molar-refractivity contribution in [3.63, 3.8) is 0 Å². The number of benzene rings is 4. The number of imide groups is 2. The highest BCUT2D eigenvalue weighted by Crippen LogP contribution is 2.59. The number of phenolic OH excluding ortho intramolecular Hbond substituents is 1. The van der Waals surface area contributed by atoms with Gasteiger partial charge in [0.2, 0.25) is 23.6 Å². The maximum Gasteiger partial charge on any atom is 0.238 e. The summed E-state index contributed by atoms with van der Waals surface area (Å²) in [5.41, 5.74) is 4.18. The molecule has 4 aliphatic rings. The molecule has 9 heteroatoms. The highest BCUT2D eigenvalue weighted by Gasteiger charge is 2.62. The third-order valence-corrected chi connectivity index (χ3v) is 11.6. The van der Waals surface area contributed by atoms with Gasteiger partial charge in [0.15, 0.2) is 0 Å². The van der Waals surface area contributed by atoms with Gasteiger partial charge in [-0.2, -0.15) is 0 Å². The molecule has 6 unspecified atom stereocenters. The first-order valence-electron chi connectivity index (χ1n) is 15.7. The zero-order valence-electron chi connectivity index (χ0n) is 25.6. The van der Waals surface area contributed by atoms with Crippen LogP contribution in [0, 0.1) is 43.4 Å². The van der Waals surface area contributed by atoms with Crippen molar-refractivity contribution in [3.05, 3.63) is 111 Å². The summed E-state index contributed by atoms with van der Waals surface area (Å²) in [5.74, 6) is -4.92. The fourth-order valence-corrected chi connectivity index (χ4v) is 8.81. The summed E-state index contributed by atoms with van der Waals surface area (Å²) in [6.45, 7) is 3.71. The lowest BCUT2D eigenvalue weighted by molar-refractivity contribution is -0.126. The second kappa shape index (κ2) is 10.8. The van der Waals surface area contributed by atoms with E-state index in [1.54, 1.807) is 42.5 Å². The van der Waals surface area contributed by atoms with Crippen LogP contribution in [0.2, 0.25) is 10.0 Å². The molecule has 0 spiro atoms. The lowest BCUT2D eigenvalue weighted by atomic mass is 9.57. The summed E-state index contributed by atoms with van der Waals surface area (Å²) in [4.78, 5) is 59.5. The summed E-state index contributed by atoms with van der Waals surface area (Å²) < 4.78 is 0. The molecule has 2 aliphatic heterocycles. The molecule has 7 nitrogen and oxygen atoms in total. The number of phenols is 1. The van der Waals surface area contributed by atoms with E-state index < -0.39 is 35.5 Å². The van der Waals surface area contributed by atoms with E-state index in [4.69, 9.17) is 23.2 Å². The number of halogens is 2. The normalized spacial score (nSPS) is 26.9. The Labute approximate surface area is 281 Å². The molecule has 4 aromatic rings. The van der Waals surface area contributed by atoms with Crippen molar-refractivity contribution in [2.45, 2.75) is 32.6 Å². The van der Waals surface area contributed by atoms with E-state index in [9.17, 15) is 24.3 Å². The van der Waals surface area contributed by atoms with Crippen LogP contribution >= 0.6 is 23.2 Å². The number of aryl methyl sites for hydroxylation is 2. The lowest BCUT2D eigenvalue weighted by Gasteiger charge is -2.44. The van der Waals surface area contributed by atoms with E-state index in [0.717, 1.165) is 27.6 Å². The minimum atomic E-state index is -0.742. The van der Waals surface area contributed by atoms with Crippen molar-refractivity contribution in [2.24, 2.45) is 29.6 Å². The standard InChI is InChI=1S/C38H30Cl2N2O5/c1-18-7-9-20(15-29(18)39)41-35(44)26-12-11-25-27(33(26)37(41)46)17-28-34(32(25)24-13-14-31(43)23-6-4-3-5-22(23)24)38(47)42(36(28)45)21-10-8-19(2)30(40)16-21/h3-11,13-16,26-28,32-34,43H,12,17H2,1-2H3. The zero-order valence-corrected chi connectivity index (χ0v) is 27.1. The first-order valence-corrected chi connectivity index (χ1v) is 16.5. The predicted octanol–water partition coefficient (Wildman–Crippen LogP) is 7.51. The minimum absolute atomic E-state index is 0.111. The SMILES string of the molecule is Cc1ccc(N2C(=O)C3CC=C4C(CC5C(=O)N(c6ccc(C)c(Cl)c6)C(=O)C5C4c4ccc(O)c5ccccc45)C3C2=O)cc1Cl. The number of aromatic hydroxyl groups is 1. The smallest absolute Gasteiger partial charge is 0.238 e. The summed E-state index contributed by atoms with van der Waals surface area (Å²) in [6.07, 6.45) is 2.61. The molecule has 1 N–H and O–H groups in total. The molecule has 4 aromatic carbocycles. The van der Waals surface area contributed by atoms with Crippen molar-refractivity contribution in [2.75, 3.05) is 9.80 Å². The first-order chi connectivity index (χ1) is 22.6. The van der Waals surface area contributed by atoms with Crippen molar-refractivity contribution in [3.8, 4) is 5.75 Å². The molecule has 2 heterocycles. The Kier molecular flexibility index (Phi) is 6.87. The molecule has 4 amide bonds. The Bertz CT molecular complexity index is 2110. The van der Waals surface area contributed by atoms with Crippen LogP contribution in [-0.2, 0) is 19.2 Å². The number of fused-ring (bicyclic) bond motifs is 5. The van der Waals surface area contributed by atoms with Gasteiger partial charge in [0.05, 0.1) is 35.0 Å². The van der Waals surface area contributed by atoms with E-state index in [1.807, 2.05) is 50.3 Å². The maximum absolute atomic E-state index is 14.5. The summed E-state index contributed by atoms with van der Waals surface area (Å²) >= 11 is 12.9. The third kappa shape index (κ3) is 4.32. The Morgan fingerprint density at radius 1 is 0.660 bits per heavy atom. The van der Waals surface area contributed by atoms with Gasteiger partial charge < -0.3 is 5.11 Å². The maximum atomic E-state index is 14.5. The van der Waals surface area contributed by atoms with Gasteiger partial charge in [0.1, 0.15) is 5.75 Å². The molecular weight excluding hydrogens is 635 g/mol. The second-order valence-corrected chi connectivity index (χ2v) is 13.9. The van der Waals surface area contributed by atoms with Crippen LogP contribution in [0.15, 0.2) is 84.4 Å². The molecule has 0 radical (unpaired) electrons. The van der Waals surface area contributed by atoms with Crippen LogP contribution < -0.4 is 9.80 Å². The third-order valence-electron chi connectivity index (χ3n) is 10.7. The monoisotopic (exact) mass is 664 g/mol. The van der Waals surface area contributed by atoms with Gasteiger partial charge in [-0.3, -0.25) is 19.2 Å². The molecule has 2 saturated heterocycles. The molecule has 0 bridgehead atoms. The number of hydrogen-bond acceptors (Lipinski definition) is 5. The number of rotatable bonds is 3. The zero-order chi connectivity index (χ0) is 32.9. The molecular formula is C38H30Cl2N2O5. The number of carbonyl (C=O) groups excluding carboxylic acids is 4. The Morgan fingerprint density at radius 2 is 1.23 bits per heavy atom. The Balaban J connectivity index is 1.28.